The lowest BCUT2D eigenvalue weighted by molar-refractivity contribution is 0.0734. The number of phenols is 1. The molecule has 6 heteroatoms. The van der Waals surface area contributed by atoms with Crippen molar-refractivity contribution in [1.82, 2.24) is 0 Å². The summed E-state index contributed by atoms with van der Waals surface area (Å²) in [5.74, 6) is 1.10. The lowest BCUT2D eigenvalue weighted by Crippen LogP contribution is -2.08. The van der Waals surface area contributed by atoms with Crippen molar-refractivity contribution in [3.05, 3.63) is 77.9 Å². The Hall–Kier alpha value is -3.80. The van der Waals surface area contributed by atoms with Gasteiger partial charge >= 0.3 is 5.97 Å². The summed E-state index contributed by atoms with van der Waals surface area (Å²) in [4.78, 5) is 16.6. The highest BCUT2D eigenvalue weighted by Crippen LogP contribution is 2.25. The number of benzene rings is 3. The molecule has 3 aromatic carbocycles. The molecule has 0 saturated carbocycles. The minimum Gasteiger partial charge on any atom is -0.507 e. The molecule has 0 heterocycles. The van der Waals surface area contributed by atoms with Crippen LogP contribution in [0.25, 0.3) is 0 Å². The van der Waals surface area contributed by atoms with Crippen LogP contribution in [-0.4, -0.2) is 31.0 Å². The third-order valence-electron chi connectivity index (χ3n) is 4.04. The molecule has 29 heavy (non-hydrogen) atoms. The van der Waals surface area contributed by atoms with Gasteiger partial charge in [0.1, 0.15) is 23.0 Å². The quantitative estimate of drug-likeness (QED) is 0.357. The number of rotatable bonds is 7. The van der Waals surface area contributed by atoms with Gasteiger partial charge < -0.3 is 19.3 Å². The molecule has 0 bridgehead atoms. The molecule has 0 aliphatic heterocycles. The topological polar surface area (TPSA) is 77.4 Å². The van der Waals surface area contributed by atoms with Gasteiger partial charge in [0.2, 0.25) is 0 Å². The summed E-state index contributed by atoms with van der Waals surface area (Å²) in [7, 11) is 1.60. The number of esters is 1. The summed E-state index contributed by atoms with van der Waals surface area (Å²) in [6.07, 6.45) is 1.54. The molecule has 148 valence electrons. The first kappa shape index (κ1) is 19.9. The fraction of sp³-hybridized carbons (Fsp3) is 0.130. The molecule has 0 aliphatic rings. The summed E-state index contributed by atoms with van der Waals surface area (Å²) < 4.78 is 15.8. The molecule has 6 nitrogen and oxygen atoms in total. The number of carbonyl (C=O) groups is 1. The van der Waals surface area contributed by atoms with E-state index in [1.165, 1.54) is 12.3 Å². The fourth-order valence-corrected chi connectivity index (χ4v) is 2.53. The second kappa shape index (κ2) is 9.41. The molecule has 0 fully saturated rings. The first-order valence-electron chi connectivity index (χ1n) is 9.05. The Labute approximate surface area is 169 Å². The summed E-state index contributed by atoms with van der Waals surface area (Å²) in [5.41, 5.74) is 1.61. The molecule has 3 aromatic rings. The highest BCUT2D eigenvalue weighted by molar-refractivity contribution is 5.91. The SMILES string of the molecule is CCOc1ccc(C(=O)Oc2ccc(C=Nc3ccc(OC)cc3)c(O)c2)cc1. The van der Waals surface area contributed by atoms with E-state index in [1.54, 1.807) is 67.8 Å². The number of nitrogens with zero attached hydrogens (tertiary/aromatic N) is 1. The number of hydrogen-bond donors (Lipinski definition) is 1. The van der Waals surface area contributed by atoms with E-state index in [9.17, 15) is 9.90 Å². The monoisotopic (exact) mass is 391 g/mol. The van der Waals surface area contributed by atoms with Crippen LogP contribution < -0.4 is 14.2 Å². The van der Waals surface area contributed by atoms with E-state index in [0.717, 1.165) is 11.4 Å². The lowest BCUT2D eigenvalue weighted by atomic mass is 10.2. The maximum atomic E-state index is 12.3. The number of ether oxygens (including phenoxy) is 3. The van der Waals surface area contributed by atoms with E-state index in [1.807, 2.05) is 6.92 Å². The van der Waals surface area contributed by atoms with Gasteiger partial charge in [0, 0.05) is 17.8 Å². The summed E-state index contributed by atoms with van der Waals surface area (Å²) >= 11 is 0. The normalized spacial score (nSPS) is 10.7. The molecule has 0 amide bonds. The van der Waals surface area contributed by atoms with Crippen LogP contribution in [0.15, 0.2) is 71.7 Å². The second-order valence-electron chi connectivity index (χ2n) is 6.02. The molecular weight excluding hydrogens is 370 g/mol. The smallest absolute Gasteiger partial charge is 0.343 e. The van der Waals surface area contributed by atoms with Gasteiger partial charge in [0.15, 0.2) is 0 Å². The highest BCUT2D eigenvalue weighted by atomic mass is 16.5. The van der Waals surface area contributed by atoms with Crippen LogP contribution in [0.4, 0.5) is 5.69 Å². The molecular formula is C23H21NO5. The standard InChI is InChI=1S/C23H21NO5/c1-3-28-20-9-4-16(5-10-20)23(26)29-21-11-6-17(22(25)14-21)15-24-18-7-12-19(27-2)13-8-18/h4-15,25H,3H2,1-2H3. The predicted octanol–water partition coefficient (Wildman–Crippen LogP) is 4.77. The van der Waals surface area contributed by atoms with Gasteiger partial charge in [0.25, 0.3) is 0 Å². The van der Waals surface area contributed by atoms with Crippen molar-refractivity contribution in [2.75, 3.05) is 13.7 Å². The number of aliphatic imine (C=N–C) groups is 1. The summed E-state index contributed by atoms with van der Waals surface area (Å²) in [5, 5.41) is 10.2. The van der Waals surface area contributed by atoms with E-state index in [0.29, 0.717) is 23.5 Å². The van der Waals surface area contributed by atoms with E-state index in [-0.39, 0.29) is 11.5 Å². The zero-order valence-corrected chi connectivity index (χ0v) is 16.2. The minimum absolute atomic E-state index is 0.0424. The minimum atomic E-state index is -0.521. The predicted molar refractivity (Wildman–Crippen MR) is 111 cm³/mol. The van der Waals surface area contributed by atoms with Crippen LogP contribution in [0.1, 0.15) is 22.8 Å². The van der Waals surface area contributed by atoms with Crippen molar-refractivity contribution in [3.8, 4) is 23.0 Å². The molecule has 0 unspecified atom stereocenters. The maximum absolute atomic E-state index is 12.3. The third kappa shape index (κ3) is 5.35. The summed E-state index contributed by atoms with van der Waals surface area (Å²) in [6, 6.07) is 18.5. The van der Waals surface area contributed by atoms with Crippen LogP contribution in [0.2, 0.25) is 0 Å². The van der Waals surface area contributed by atoms with Gasteiger partial charge in [-0.15, -0.1) is 0 Å². The molecule has 0 atom stereocenters. The molecule has 0 aliphatic carbocycles. The van der Waals surface area contributed by atoms with Crippen LogP contribution in [0.3, 0.4) is 0 Å². The Morgan fingerprint density at radius 2 is 1.62 bits per heavy atom. The van der Waals surface area contributed by atoms with Gasteiger partial charge in [-0.25, -0.2) is 4.79 Å². The van der Waals surface area contributed by atoms with Crippen LogP contribution in [0, 0.1) is 0 Å². The Morgan fingerprint density at radius 1 is 0.966 bits per heavy atom. The van der Waals surface area contributed by atoms with E-state index in [2.05, 4.69) is 4.99 Å². The van der Waals surface area contributed by atoms with Crippen molar-refractivity contribution in [1.29, 1.82) is 0 Å². The number of phenolic OH excluding ortho intramolecular Hbond substituents is 1. The largest absolute Gasteiger partial charge is 0.507 e. The van der Waals surface area contributed by atoms with Crippen molar-refractivity contribution in [2.24, 2.45) is 4.99 Å². The van der Waals surface area contributed by atoms with Crippen molar-refractivity contribution in [2.45, 2.75) is 6.92 Å². The van der Waals surface area contributed by atoms with Crippen LogP contribution in [0.5, 0.6) is 23.0 Å². The number of methoxy groups -OCH3 is 1. The molecule has 1 N–H and O–H groups in total. The first-order chi connectivity index (χ1) is 14.1. The third-order valence-corrected chi connectivity index (χ3v) is 4.04. The average Bonchev–Trinajstić information content (AvgIpc) is 2.74. The Balaban J connectivity index is 1.66. The number of hydrogen-bond acceptors (Lipinski definition) is 6. The van der Waals surface area contributed by atoms with E-state index in [4.69, 9.17) is 14.2 Å². The van der Waals surface area contributed by atoms with Crippen molar-refractivity contribution >= 4 is 17.9 Å². The Bertz CT molecular complexity index is 995. The molecule has 0 saturated heterocycles. The van der Waals surface area contributed by atoms with Gasteiger partial charge in [-0.3, -0.25) is 4.99 Å². The van der Waals surface area contributed by atoms with Gasteiger partial charge in [0.05, 0.1) is 25.0 Å². The molecule has 3 rings (SSSR count). The zero-order chi connectivity index (χ0) is 20.6. The molecule has 0 radical (unpaired) electrons. The maximum Gasteiger partial charge on any atom is 0.343 e. The molecule has 0 spiro atoms. The molecule has 0 aromatic heterocycles. The Kier molecular flexibility index (Phi) is 6.47. The van der Waals surface area contributed by atoms with Crippen LogP contribution in [-0.2, 0) is 0 Å². The number of aromatic hydroxyl groups is 1. The Morgan fingerprint density at radius 3 is 2.24 bits per heavy atom. The van der Waals surface area contributed by atoms with Gasteiger partial charge in [-0.05, 0) is 67.6 Å². The number of carbonyl (C=O) groups excluding carboxylic acids is 1. The zero-order valence-electron chi connectivity index (χ0n) is 16.2. The lowest BCUT2D eigenvalue weighted by Gasteiger charge is -2.07. The van der Waals surface area contributed by atoms with E-state index < -0.39 is 5.97 Å². The van der Waals surface area contributed by atoms with Gasteiger partial charge in [-0.1, -0.05) is 0 Å². The summed E-state index contributed by atoms with van der Waals surface area (Å²) in [6.45, 7) is 2.44. The average molecular weight is 391 g/mol. The second-order valence-corrected chi connectivity index (χ2v) is 6.02. The fourth-order valence-electron chi connectivity index (χ4n) is 2.53. The van der Waals surface area contributed by atoms with Crippen LogP contribution >= 0.6 is 0 Å². The van der Waals surface area contributed by atoms with Gasteiger partial charge in [-0.2, -0.15) is 0 Å². The van der Waals surface area contributed by atoms with Crippen molar-refractivity contribution in [3.63, 3.8) is 0 Å². The first-order valence-corrected chi connectivity index (χ1v) is 9.05. The van der Waals surface area contributed by atoms with E-state index >= 15 is 0 Å². The highest BCUT2D eigenvalue weighted by Gasteiger charge is 2.10. The van der Waals surface area contributed by atoms with Crippen molar-refractivity contribution < 1.29 is 24.1 Å².